The van der Waals surface area contributed by atoms with Crippen LogP contribution in [0.2, 0.25) is 0 Å². The van der Waals surface area contributed by atoms with E-state index in [4.69, 9.17) is 0 Å². The van der Waals surface area contributed by atoms with Gasteiger partial charge < -0.3 is 5.73 Å². The number of carbonyl (C=O) groups is 2. The van der Waals surface area contributed by atoms with E-state index in [0.29, 0.717) is 0 Å². The smallest absolute Gasteiger partial charge is 0.228 e. The third-order valence-corrected chi connectivity index (χ3v) is 2.76. The van der Waals surface area contributed by atoms with Gasteiger partial charge in [0.15, 0.2) is 5.78 Å². The zero-order chi connectivity index (χ0) is 14.1. The summed E-state index contributed by atoms with van der Waals surface area (Å²) in [5, 5.41) is 0.257. The van der Waals surface area contributed by atoms with Crippen LogP contribution in [0.15, 0.2) is 60.7 Å². The van der Waals surface area contributed by atoms with E-state index in [0.717, 1.165) is 11.1 Å². The summed E-state index contributed by atoms with van der Waals surface area (Å²) in [5.41, 5.74) is 6.08. The van der Waals surface area contributed by atoms with Gasteiger partial charge in [0.1, 0.15) is 0 Å². The molecule has 4 heteroatoms. The van der Waals surface area contributed by atoms with Crippen molar-refractivity contribution in [3.8, 4) is 0 Å². The van der Waals surface area contributed by atoms with Gasteiger partial charge in [-0.15, -0.1) is 0 Å². The molecule has 0 aromatic heterocycles. The first-order valence-corrected chi connectivity index (χ1v) is 6.76. The summed E-state index contributed by atoms with van der Waals surface area (Å²) in [6, 6.07) is 18.6. The average Bonchev–Trinajstić information content (AvgIpc) is 2.49. The van der Waals surface area contributed by atoms with Gasteiger partial charge in [0.05, 0.1) is 5.33 Å². The van der Waals surface area contributed by atoms with Crippen LogP contribution in [0.4, 0.5) is 0 Å². The maximum absolute atomic E-state index is 11.8. The van der Waals surface area contributed by atoms with Crippen molar-refractivity contribution in [1.29, 1.82) is 0 Å². The molecule has 2 rings (SSSR count). The molecule has 0 aliphatic rings. The Balaban J connectivity index is 0.000000312. The first kappa shape index (κ1) is 15.1. The number of hydrogen-bond donors (Lipinski definition) is 1. The molecule has 2 aromatic carbocycles. The predicted molar refractivity (Wildman–Crippen MR) is 79.3 cm³/mol. The summed E-state index contributed by atoms with van der Waals surface area (Å²) in [5.74, 6) is -0.254. The van der Waals surface area contributed by atoms with Crippen LogP contribution in [-0.4, -0.2) is 17.0 Å². The number of carbonyl (C=O) groups excluding carboxylic acids is 2. The Bertz CT molecular complexity index is 485. The van der Waals surface area contributed by atoms with Crippen LogP contribution >= 0.6 is 15.9 Å². The topological polar surface area (TPSA) is 60.2 Å². The lowest BCUT2D eigenvalue weighted by Gasteiger charge is -1.99. The monoisotopic (exact) mass is 319 g/mol. The largest absolute Gasteiger partial charge is 0.369 e. The summed E-state index contributed by atoms with van der Waals surface area (Å²) in [6.07, 6.45) is 0. The molecule has 0 radical (unpaired) electrons. The second-order valence-electron chi connectivity index (χ2n) is 3.66. The Hall–Kier alpha value is -1.94. The number of alkyl halides is 1. The van der Waals surface area contributed by atoms with Crippen molar-refractivity contribution in [1.82, 2.24) is 0 Å². The molecule has 2 N–H and O–H groups in total. The van der Waals surface area contributed by atoms with Crippen molar-refractivity contribution in [2.24, 2.45) is 5.73 Å². The molecule has 0 aliphatic heterocycles. The van der Waals surface area contributed by atoms with Crippen molar-refractivity contribution >= 4 is 27.6 Å². The van der Waals surface area contributed by atoms with Crippen molar-refractivity contribution in [2.75, 3.05) is 5.33 Å². The summed E-state index contributed by atoms with van der Waals surface area (Å²) in [6.45, 7) is 0. The molecule has 1 amide bonds. The maximum atomic E-state index is 11.8. The molecule has 0 aliphatic carbocycles. The first-order valence-electron chi connectivity index (χ1n) is 5.64. The number of ketones is 1. The van der Waals surface area contributed by atoms with Crippen LogP contribution in [0.5, 0.6) is 0 Å². The second-order valence-corrected chi connectivity index (χ2v) is 4.22. The van der Waals surface area contributed by atoms with Gasteiger partial charge >= 0.3 is 0 Å². The predicted octanol–water partition coefficient (Wildman–Crippen LogP) is 2.78. The number of halogens is 1. The van der Waals surface area contributed by atoms with E-state index < -0.39 is 0 Å². The van der Waals surface area contributed by atoms with Crippen LogP contribution in [0.3, 0.4) is 0 Å². The van der Waals surface area contributed by atoms with E-state index in [1.807, 2.05) is 60.7 Å². The molecule has 19 heavy (non-hydrogen) atoms. The highest BCUT2D eigenvalue weighted by atomic mass is 79.9. The fraction of sp³-hybridized carbons (Fsp3) is 0.0667. The van der Waals surface area contributed by atoms with Gasteiger partial charge in [-0.05, 0) is 0 Å². The minimum absolute atomic E-state index is 0.0752. The molecular weight excluding hydrogens is 306 g/mol. The standard InChI is InChI=1S/C13H10O.C2H4BrNO/c14-13(11-7-3-1-4-8-11)12-9-5-2-6-10-12;3-1-2(4)5/h1-10H;1H2,(H2,4,5). The lowest BCUT2D eigenvalue weighted by molar-refractivity contribution is -0.115. The highest BCUT2D eigenvalue weighted by molar-refractivity contribution is 9.09. The van der Waals surface area contributed by atoms with Gasteiger partial charge in [-0.25, -0.2) is 0 Å². The van der Waals surface area contributed by atoms with E-state index in [9.17, 15) is 9.59 Å². The Morgan fingerprint density at radius 3 is 1.42 bits per heavy atom. The average molecular weight is 320 g/mol. The summed E-state index contributed by atoms with van der Waals surface area (Å²) in [4.78, 5) is 21.4. The molecule has 2 aromatic rings. The number of rotatable bonds is 3. The minimum atomic E-state index is -0.329. The molecule has 0 fully saturated rings. The molecule has 3 nitrogen and oxygen atoms in total. The first-order chi connectivity index (χ1) is 9.15. The lowest BCUT2D eigenvalue weighted by Crippen LogP contribution is -2.10. The van der Waals surface area contributed by atoms with E-state index >= 15 is 0 Å². The van der Waals surface area contributed by atoms with Crippen molar-refractivity contribution in [3.63, 3.8) is 0 Å². The summed E-state index contributed by atoms with van der Waals surface area (Å²) < 4.78 is 0. The Morgan fingerprint density at radius 2 is 1.16 bits per heavy atom. The fourth-order valence-corrected chi connectivity index (χ4v) is 1.35. The number of primary amides is 1. The van der Waals surface area contributed by atoms with Crippen LogP contribution in [0.1, 0.15) is 15.9 Å². The zero-order valence-electron chi connectivity index (χ0n) is 10.3. The normalized spacial score (nSPS) is 9.11. The highest BCUT2D eigenvalue weighted by Crippen LogP contribution is 2.08. The van der Waals surface area contributed by atoms with Crippen molar-refractivity contribution < 1.29 is 9.59 Å². The second kappa shape index (κ2) is 8.21. The van der Waals surface area contributed by atoms with Crippen molar-refractivity contribution in [2.45, 2.75) is 0 Å². The molecule has 0 unspecified atom stereocenters. The molecule has 0 atom stereocenters. The number of amides is 1. The molecule has 0 saturated heterocycles. The Morgan fingerprint density at radius 1 is 0.842 bits per heavy atom. The van der Waals surface area contributed by atoms with Gasteiger partial charge in [0.2, 0.25) is 5.91 Å². The molecular formula is C15H14BrNO2. The Kier molecular flexibility index (Phi) is 6.53. The van der Waals surface area contributed by atoms with Crippen LogP contribution < -0.4 is 5.73 Å². The van der Waals surface area contributed by atoms with Gasteiger partial charge in [0.25, 0.3) is 0 Å². The van der Waals surface area contributed by atoms with E-state index in [-0.39, 0.29) is 17.0 Å². The highest BCUT2D eigenvalue weighted by Gasteiger charge is 2.06. The fourth-order valence-electron chi connectivity index (χ4n) is 1.35. The molecule has 0 spiro atoms. The van der Waals surface area contributed by atoms with Crippen LogP contribution in [0.25, 0.3) is 0 Å². The van der Waals surface area contributed by atoms with E-state index in [2.05, 4.69) is 21.7 Å². The van der Waals surface area contributed by atoms with Crippen molar-refractivity contribution in [3.05, 3.63) is 71.8 Å². The molecule has 0 bridgehead atoms. The van der Waals surface area contributed by atoms with Gasteiger partial charge in [-0.1, -0.05) is 76.6 Å². The van der Waals surface area contributed by atoms with Gasteiger partial charge in [-0.3, -0.25) is 9.59 Å². The summed E-state index contributed by atoms with van der Waals surface area (Å²) >= 11 is 2.84. The minimum Gasteiger partial charge on any atom is -0.369 e. The summed E-state index contributed by atoms with van der Waals surface area (Å²) in [7, 11) is 0. The third-order valence-electron chi connectivity index (χ3n) is 2.20. The number of nitrogens with two attached hydrogens (primary N) is 1. The lowest BCUT2D eigenvalue weighted by atomic mass is 10.0. The van der Waals surface area contributed by atoms with Gasteiger partial charge in [0, 0.05) is 11.1 Å². The SMILES string of the molecule is NC(=O)CBr.O=C(c1ccccc1)c1ccccc1. The molecule has 0 saturated carbocycles. The van der Waals surface area contributed by atoms with Crippen LogP contribution in [-0.2, 0) is 4.79 Å². The quantitative estimate of drug-likeness (QED) is 0.698. The maximum Gasteiger partial charge on any atom is 0.228 e. The van der Waals surface area contributed by atoms with E-state index in [1.54, 1.807) is 0 Å². The van der Waals surface area contributed by atoms with Crippen LogP contribution in [0, 0.1) is 0 Å². The zero-order valence-corrected chi connectivity index (χ0v) is 11.8. The third kappa shape index (κ3) is 5.48. The molecule has 98 valence electrons. The Labute approximate surface area is 120 Å². The number of benzene rings is 2. The number of hydrogen-bond acceptors (Lipinski definition) is 2. The molecule has 0 heterocycles. The van der Waals surface area contributed by atoms with Gasteiger partial charge in [-0.2, -0.15) is 0 Å². The van der Waals surface area contributed by atoms with E-state index in [1.165, 1.54) is 0 Å².